The van der Waals surface area contributed by atoms with Gasteiger partial charge in [0.15, 0.2) is 5.01 Å². The van der Waals surface area contributed by atoms with Gasteiger partial charge in [0.1, 0.15) is 0 Å². The first-order valence-electron chi connectivity index (χ1n) is 5.03. The maximum atomic E-state index is 5.94. The number of thiazole rings is 1. The van der Waals surface area contributed by atoms with E-state index in [1.807, 2.05) is 5.38 Å². The lowest BCUT2D eigenvalue weighted by atomic mass is 10.2. The summed E-state index contributed by atoms with van der Waals surface area (Å²) in [6.07, 6.45) is 1.69. The fraction of sp³-hybridized carbons (Fsp3) is 0. The van der Waals surface area contributed by atoms with E-state index in [0.717, 1.165) is 5.56 Å². The van der Waals surface area contributed by atoms with Crippen LogP contribution in [-0.2, 0) is 0 Å². The van der Waals surface area contributed by atoms with Gasteiger partial charge in [0.05, 0.1) is 10.7 Å². The molecular formula is C11H7ClN4OS. The first-order valence-corrected chi connectivity index (χ1v) is 6.29. The Labute approximate surface area is 111 Å². The molecule has 0 aliphatic carbocycles. The van der Waals surface area contributed by atoms with E-state index >= 15 is 0 Å². The SMILES string of the molecule is Nc1ccc(-c2nc(-c3nccs3)no2)cc1Cl. The van der Waals surface area contributed by atoms with Gasteiger partial charge in [0.2, 0.25) is 5.82 Å². The molecule has 0 saturated carbocycles. The zero-order chi connectivity index (χ0) is 12.5. The molecule has 2 N–H and O–H groups in total. The molecule has 0 amide bonds. The fourth-order valence-corrected chi connectivity index (χ4v) is 2.16. The van der Waals surface area contributed by atoms with E-state index < -0.39 is 0 Å². The lowest BCUT2D eigenvalue weighted by Gasteiger charge is -1.98. The molecule has 0 spiro atoms. The van der Waals surface area contributed by atoms with Crippen LogP contribution in [0, 0.1) is 0 Å². The van der Waals surface area contributed by atoms with Gasteiger partial charge in [-0.3, -0.25) is 0 Å². The molecule has 0 bridgehead atoms. The van der Waals surface area contributed by atoms with Gasteiger partial charge in [-0.2, -0.15) is 4.98 Å². The first kappa shape index (κ1) is 11.2. The standard InChI is InChI=1S/C11H7ClN4OS/c12-7-5-6(1-2-8(7)13)10-15-9(16-17-10)11-14-3-4-18-11/h1-5H,13H2. The third-order valence-corrected chi connectivity index (χ3v) is 3.39. The Kier molecular flexibility index (Phi) is 2.73. The number of rotatable bonds is 2. The summed E-state index contributed by atoms with van der Waals surface area (Å²) in [4.78, 5) is 8.38. The zero-order valence-corrected chi connectivity index (χ0v) is 10.6. The summed E-state index contributed by atoms with van der Waals surface area (Å²) < 4.78 is 5.18. The molecule has 5 nitrogen and oxygen atoms in total. The Hall–Kier alpha value is -1.92. The van der Waals surface area contributed by atoms with Gasteiger partial charge in [-0.05, 0) is 18.2 Å². The number of nitrogen functional groups attached to an aromatic ring is 1. The van der Waals surface area contributed by atoms with Gasteiger partial charge in [-0.25, -0.2) is 4.98 Å². The molecule has 7 heteroatoms. The van der Waals surface area contributed by atoms with E-state index in [1.54, 1.807) is 24.4 Å². The number of halogens is 1. The molecule has 2 aromatic heterocycles. The summed E-state index contributed by atoms with van der Waals surface area (Å²) in [5.41, 5.74) is 6.88. The van der Waals surface area contributed by atoms with Gasteiger partial charge in [-0.1, -0.05) is 16.8 Å². The highest BCUT2D eigenvalue weighted by Gasteiger charge is 2.13. The molecule has 0 saturated heterocycles. The van der Waals surface area contributed by atoms with E-state index in [9.17, 15) is 0 Å². The van der Waals surface area contributed by atoms with Gasteiger partial charge in [0.25, 0.3) is 5.89 Å². The normalized spacial score (nSPS) is 10.7. The lowest BCUT2D eigenvalue weighted by Crippen LogP contribution is -1.86. The second kappa shape index (κ2) is 4.40. The maximum absolute atomic E-state index is 5.94. The van der Waals surface area contributed by atoms with Crippen LogP contribution in [0.5, 0.6) is 0 Å². The quantitative estimate of drug-likeness (QED) is 0.729. The van der Waals surface area contributed by atoms with Gasteiger partial charge < -0.3 is 10.3 Å². The summed E-state index contributed by atoms with van der Waals surface area (Å²) in [5, 5.41) is 6.90. The van der Waals surface area contributed by atoms with Crippen LogP contribution in [0.2, 0.25) is 5.02 Å². The third-order valence-electron chi connectivity index (χ3n) is 2.30. The smallest absolute Gasteiger partial charge is 0.258 e. The molecule has 0 unspecified atom stereocenters. The van der Waals surface area contributed by atoms with Crippen LogP contribution in [0.1, 0.15) is 0 Å². The predicted octanol–water partition coefficient (Wildman–Crippen LogP) is 3.10. The average molecular weight is 279 g/mol. The van der Waals surface area contributed by atoms with Crippen molar-refractivity contribution >= 4 is 28.6 Å². The fourth-order valence-electron chi connectivity index (χ4n) is 1.42. The number of nitrogens with zero attached hydrogens (tertiary/aromatic N) is 3. The highest BCUT2D eigenvalue weighted by atomic mass is 35.5. The Morgan fingerprint density at radius 1 is 1.33 bits per heavy atom. The maximum Gasteiger partial charge on any atom is 0.258 e. The molecule has 90 valence electrons. The minimum Gasteiger partial charge on any atom is -0.398 e. The number of nitrogens with two attached hydrogens (primary N) is 1. The summed E-state index contributed by atoms with van der Waals surface area (Å²) >= 11 is 7.39. The highest BCUT2D eigenvalue weighted by molar-refractivity contribution is 7.12. The van der Waals surface area contributed by atoms with E-state index in [2.05, 4.69) is 15.1 Å². The molecule has 0 atom stereocenters. The van der Waals surface area contributed by atoms with Crippen LogP contribution in [-0.4, -0.2) is 15.1 Å². The van der Waals surface area contributed by atoms with Crippen LogP contribution in [0.4, 0.5) is 5.69 Å². The van der Waals surface area contributed by atoms with Crippen molar-refractivity contribution in [2.24, 2.45) is 0 Å². The topological polar surface area (TPSA) is 77.8 Å². The van der Waals surface area contributed by atoms with Crippen molar-refractivity contribution in [3.05, 3.63) is 34.8 Å². The van der Waals surface area contributed by atoms with Crippen LogP contribution in [0.15, 0.2) is 34.3 Å². The van der Waals surface area contributed by atoms with E-state index in [4.69, 9.17) is 21.9 Å². The van der Waals surface area contributed by atoms with E-state index in [1.165, 1.54) is 11.3 Å². The Morgan fingerprint density at radius 3 is 2.94 bits per heavy atom. The zero-order valence-electron chi connectivity index (χ0n) is 9.00. The first-order chi connectivity index (χ1) is 8.74. The van der Waals surface area contributed by atoms with Crippen molar-refractivity contribution in [2.45, 2.75) is 0 Å². The molecule has 2 heterocycles. The minimum atomic E-state index is 0.391. The molecule has 0 aliphatic rings. The molecule has 0 radical (unpaired) electrons. The van der Waals surface area contributed by atoms with Crippen LogP contribution in [0.25, 0.3) is 22.3 Å². The lowest BCUT2D eigenvalue weighted by molar-refractivity contribution is 0.432. The van der Waals surface area contributed by atoms with Crippen molar-refractivity contribution in [1.29, 1.82) is 0 Å². The monoisotopic (exact) mass is 278 g/mol. The van der Waals surface area contributed by atoms with Crippen LogP contribution >= 0.6 is 22.9 Å². The van der Waals surface area contributed by atoms with Crippen LogP contribution in [0.3, 0.4) is 0 Å². The van der Waals surface area contributed by atoms with Crippen molar-refractivity contribution < 1.29 is 4.52 Å². The minimum absolute atomic E-state index is 0.391. The molecule has 0 fully saturated rings. The Bertz CT molecular complexity index is 680. The molecule has 18 heavy (non-hydrogen) atoms. The van der Waals surface area contributed by atoms with Gasteiger partial charge in [0, 0.05) is 17.1 Å². The van der Waals surface area contributed by atoms with Gasteiger partial charge in [-0.15, -0.1) is 11.3 Å². The summed E-state index contributed by atoms with van der Waals surface area (Å²) in [6.45, 7) is 0. The summed E-state index contributed by atoms with van der Waals surface area (Å²) in [6, 6.07) is 5.17. The van der Waals surface area contributed by atoms with Gasteiger partial charge >= 0.3 is 0 Å². The molecule has 3 aromatic rings. The second-order valence-corrected chi connectivity index (χ2v) is 4.80. The molecule has 0 aliphatic heterocycles. The van der Waals surface area contributed by atoms with Crippen molar-refractivity contribution in [1.82, 2.24) is 15.1 Å². The Morgan fingerprint density at radius 2 is 2.22 bits per heavy atom. The number of anilines is 1. The van der Waals surface area contributed by atoms with E-state index in [0.29, 0.717) is 27.4 Å². The van der Waals surface area contributed by atoms with Crippen molar-refractivity contribution in [3.8, 4) is 22.3 Å². The average Bonchev–Trinajstić information content (AvgIpc) is 3.01. The number of aromatic nitrogens is 3. The number of hydrogen-bond acceptors (Lipinski definition) is 6. The number of hydrogen-bond donors (Lipinski definition) is 1. The summed E-state index contributed by atoms with van der Waals surface area (Å²) in [5.74, 6) is 0.857. The van der Waals surface area contributed by atoms with Crippen LogP contribution < -0.4 is 5.73 Å². The predicted molar refractivity (Wildman–Crippen MR) is 70.3 cm³/mol. The second-order valence-electron chi connectivity index (χ2n) is 3.50. The number of benzene rings is 1. The molecule has 1 aromatic carbocycles. The largest absolute Gasteiger partial charge is 0.398 e. The van der Waals surface area contributed by atoms with Crippen molar-refractivity contribution in [2.75, 3.05) is 5.73 Å². The molecule has 3 rings (SSSR count). The summed E-state index contributed by atoms with van der Waals surface area (Å²) in [7, 11) is 0. The third kappa shape index (κ3) is 1.96. The highest BCUT2D eigenvalue weighted by Crippen LogP contribution is 2.27. The van der Waals surface area contributed by atoms with E-state index in [-0.39, 0.29) is 0 Å². The van der Waals surface area contributed by atoms with Crippen molar-refractivity contribution in [3.63, 3.8) is 0 Å². The molecular weight excluding hydrogens is 272 g/mol. The Balaban J connectivity index is 2.00.